The summed E-state index contributed by atoms with van der Waals surface area (Å²) in [5.41, 5.74) is 9.68. The molecule has 1 aromatic heterocycles. The highest BCUT2D eigenvalue weighted by Crippen LogP contribution is 2.46. The van der Waals surface area contributed by atoms with Crippen molar-refractivity contribution in [1.29, 1.82) is 0 Å². The lowest BCUT2D eigenvalue weighted by molar-refractivity contribution is 0.669. The Morgan fingerprint density at radius 3 is 1.57 bits per heavy atom. The van der Waals surface area contributed by atoms with Gasteiger partial charge in [-0.25, -0.2) is 0 Å². The fourth-order valence-electron chi connectivity index (χ4n) is 5.98. The van der Waals surface area contributed by atoms with E-state index in [0.29, 0.717) is 0 Å². The zero-order chi connectivity index (χ0) is 27.9. The van der Waals surface area contributed by atoms with Crippen molar-refractivity contribution in [2.45, 2.75) is 0 Å². The molecule has 0 saturated heterocycles. The second-order valence-corrected chi connectivity index (χ2v) is 10.6. The Morgan fingerprint density at radius 1 is 0.381 bits per heavy atom. The smallest absolute Gasteiger partial charge is 0.138 e. The van der Waals surface area contributed by atoms with Crippen molar-refractivity contribution in [1.82, 2.24) is 0 Å². The zero-order valence-electron chi connectivity index (χ0n) is 22.9. The number of rotatable bonds is 5. The second-order valence-electron chi connectivity index (χ2n) is 10.6. The summed E-state index contributed by atoms with van der Waals surface area (Å²) in [5.74, 6) is 0. The Kier molecular flexibility index (Phi) is 5.82. The SMILES string of the molecule is c1ccc(-c2ccc(N(c3ccccc3)c3cc(-c4ccccc4)cc4oc5cc6ccccc6cc5c34)cc2)cc1. The first-order valence-electron chi connectivity index (χ1n) is 14.3. The third kappa shape index (κ3) is 4.22. The van der Waals surface area contributed by atoms with Crippen LogP contribution in [0.3, 0.4) is 0 Å². The van der Waals surface area contributed by atoms with Crippen LogP contribution >= 0.6 is 0 Å². The maximum absolute atomic E-state index is 6.64. The molecule has 2 nitrogen and oxygen atoms in total. The number of hydrogen-bond acceptors (Lipinski definition) is 2. The van der Waals surface area contributed by atoms with Gasteiger partial charge in [0.25, 0.3) is 0 Å². The van der Waals surface area contributed by atoms with Crippen LogP contribution in [0.5, 0.6) is 0 Å². The normalized spacial score (nSPS) is 11.3. The topological polar surface area (TPSA) is 16.4 Å². The van der Waals surface area contributed by atoms with E-state index in [2.05, 4.69) is 169 Å². The van der Waals surface area contributed by atoms with Crippen molar-refractivity contribution in [2.24, 2.45) is 0 Å². The van der Waals surface area contributed by atoms with Crippen molar-refractivity contribution < 1.29 is 4.42 Å². The highest BCUT2D eigenvalue weighted by atomic mass is 16.3. The maximum atomic E-state index is 6.64. The minimum atomic E-state index is 0.874. The van der Waals surface area contributed by atoms with Gasteiger partial charge >= 0.3 is 0 Å². The van der Waals surface area contributed by atoms with Crippen molar-refractivity contribution in [3.05, 3.63) is 164 Å². The van der Waals surface area contributed by atoms with E-state index < -0.39 is 0 Å². The first-order chi connectivity index (χ1) is 20.8. The van der Waals surface area contributed by atoms with Crippen molar-refractivity contribution in [3.8, 4) is 22.3 Å². The third-order valence-corrected chi connectivity index (χ3v) is 8.01. The molecule has 0 saturated carbocycles. The molecule has 0 fully saturated rings. The molecule has 0 aliphatic rings. The fraction of sp³-hybridized carbons (Fsp3) is 0. The Balaban J connectivity index is 1.42. The van der Waals surface area contributed by atoms with Crippen LogP contribution in [0.2, 0.25) is 0 Å². The molecule has 0 amide bonds. The standard InChI is InChI=1S/C40H27NO/c1-4-12-28(13-5-1)30-20-22-35(23-21-30)41(34-18-8-3-9-19-34)37-25-33(29-14-6-2-7-15-29)27-39-40(37)36-24-31-16-10-11-17-32(31)26-38(36)42-39/h1-27H. The van der Waals surface area contributed by atoms with Gasteiger partial charge in [0.1, 0.15) is 11.2 Å². The summed E-state index contributed by atoms with van der Waals surface area (Å²) in [7, 11) is 0. The van der Waals surface area contributed by atoms with Crippen LogP contribution in [0.1, 0.15) is 0 Å². The summed E-state index contributed by atoms with van der Waals surface area (Å²) in [5, 5.41) is 4.58. The van der Waals surface area contributed by atoms with Crippen LogP contribution in [-0.4, -0.2) is 0 Å². The minimum Gasteiger partial charge on any atom is -0.456 e. The lowest BCUT2D eigenvalue weighted by Gasteiger charge is -2.27. The molecule has 7 aromatic carbocycles. The highest BCUT2D eigenvalue weighted by Gasteiger charge is 2.21. The molecule has 1 heterocycles. The van der Waals surface area contributed by atoms with Crippen LogP contribution in [0, 0.1) is 0 Å². The highest BCUT2D eigenvalue weighted by molar-refractivity contribution is 6.17. The van der Waals surface area contributed by atoms with Gasteiger partial charge in [-0.1, -0.05) is 115 Å². The third-order valence-electron chi connectivity index (χ3n) is 8.01. The number of fused-ring (bicyclic) bond motifs is 4. The first-order valence-corrected chi connectivity index (χ1v) is 14.3. The zero-order valence-corrected chi connectivity index (χ0v) is 22.9. The number of furan rings is 1. The monoisotopic (exact) mass is 537 g/mol. The van der Waals surface area contributed by atoms with E-state index in [1.165, 1.54) is 21.9 Å². The van der Waals surface area contributed by atoms with Crippen molar-refractivity contribution in [2.75, 3.05) is 4.90 Å². The molecule has 0 unspecified atom stereocenters. The summed E-state index contributed by atoms with van der Waals surface area (Å²) in [6.07, 6.45) is 0. The molecule has 8 aromatic rings. The van der Waals surface area contributed by atoms with E-state index >= 15 is 0 Å². The Hall–Kier alpha value is -5.60. The molecule has 0 N–H and O–H groups in total. The van der Waals surface area contributed by atoms with Crippen LogP contribution in [0.4, 0.5) is 17.1 Å². The molecule has 0 aliphatic carbocycles. The molecular formula is C40H27NO. The number of anilines is 3. The van der Waals surface area contributed by atoms with Crippen LogP contribution in [0.15, 0.2) is 168 Å². The lowest BCUT2D eigenvalue weighted by Crippen LogP contribution is -2.10. The van der Waals surface area contributed by atoms with E-state index in [1.54, 1.807) is 0 Å². The molecular weight excluding hydrogens is 510 g/mol. The number of benzene rings is 7. The van der Waals surface area contributed by atoms with Gasteiger partial charge in [0.2, 0.25) is 0 Å². The van der Waals surface area contributed by atoms with Gasteiger partial charge in [-0.3, -0.25) is 0 Å². The van der Waals surface area contributed by atoms with Crippen LogP contribution < -0.4 is 4.90 Å². The summed E-state index contributed by atoms with van der Waals surface area (Å²) < 4.78 is 6.64. The number of hydrogen-bond donors (Lipinski definition) is 0. The number of nitrogens with zero attached hydrogens (tertiary/aromatic N) is 1. The number of para-hydroxylation sites is 1. The predicted molar refractivity (Wildman–Crippen MR) is 177 cm³/mol. The molecule has 2 heteroatoms. The van der Waals surface area contributed by atoms with E-state index in [-0.39, 0.29) is 0 Å². The molecule has 42 heavy (non-hydrogen) atoms. The molecule has 0 spiro atoms. The molecule has 198 valence electrons. The Bertz CT molecular complexity index is 2160. The van der Waals surface area contributed by atoms with Gasteiger partial charge in [-0.2, -0.15) is 0 Å². The van der Waals surface area contributed by atoms with Gasteiger partial charge in [0, 0.05) is 16.8 Å². The Morgan fingerprint density at radius 2 is 0.905 bits per heavy atom. The van der Waals surface area contributed by atoms with E-state index in [1.807, 2.05) is 0 Å². The summed E-state index contributed by atoms with van der Waals surface area (Å²) in [6, 6.07) is 57.9. The van der Waals surface area contributed by atoms with Crippen LogP contribution in [0.25, 0.3) is 55.0 Å². The molecule has 0 atom stereocenters. The predicted octanol–water partition coefficient (Wildman–Crippen LogP) is 11.5. The summed E-state index contributed by atoms with van der Waals surface area (Å²) >= 11 is 0. The van der Waals surface area contributed by atoms with Gasteiger partial charge in [-0.15, -0.1) is 0 Å². The second kappa shape index (κ2) is 10.1. The maximum Gasteiger partial charge on any atom is 0.138 e. The Labute approximate surface area is 244 Å². The van der Waals surface area contributed by atoms with Crippen molar-refractivity contribution >= 4 is 49.8 Å². The lowest BCUT2D eigenvalue weighted by atomic mass is 9.99. The minimum absolute atomic E-state index is 0.874. The molecule has 0 bridgehead atoms. The van der Waals surface area contributed by atoms with Gasteiger partial charge in [0.05, 0.1) is 11.1 Å². The largest absolute Gasteiger partial charge is 0.456 e. The summed E-state index contributed by atoms with van der Waals surface area (Å²) in [4.78, 5) is 2.35. The van der Waals surface area contributed by atoms with Crippen molar-refractivity contribution in [3.63, 3.8) is 0 Å². The summed E-state index contributed by atoms with van der Waals surface area (Å²) in [6.45, 7) is 0. The molecule has 0 aliphatic heterocycles. The average molecular weight is 538 g/mol. The quantitative estimate of drug-likeness (QED) is 0.217. The fourth-order valence-corrected chi connectivity index (χ4v) is 5.98. The van der Waals surface area contributed by atoms with E-state index in [9.17, 15) is 0 Å². The van der Waals surface area contributed by atoms with Gasteiger partial charge in [0.15, 0.2) is 0 Å². The van der Waals surface area contributed by atoms with Gasteiger partial charge < -0.3 is 9.32 Å². The first kappa shape index (κ1) is 24.2. The average Bonchev–Trinajstić information content (AvgIpc) is 3.42. The van der Waals surface area contributed by atoms with E-state index in [0.717, 1.165) is 50.1 Å². The molecule has 0 radical (unpaired) electrons. The van der Waals surface area contributed by atoms with Gasteiger partial charge in [-0.05, 0) is 81.6 Å². The van der Waals surface area contributed by atoms with Crippen LogP contribution in [-0.2, 0) is 0 Å². The van der Waals surface area contributed by atoms with E-state index in [4.69, 9.17) is 4.42 Å². The molecule has 8 rings (SSSR count).